The van der Waals surface area contributed by atoms with Crippen LogP contribution in [0.5, 0.6) is 0 Å². The Morgan fingerprint density at radius 1 is 0.711 bits per heavy atom. The van der Waals surface area contributed by atoms with Crippen molar-refractivity contribution in [2.24, 2.45) is 0 Å². The smallest absolute Gasteiger partial charge is 0.0162 e. The molecule has 202 valence electrons. The normalized spacial score (nSPS) is 19.8. The fraction of sp³-hybridized carbons (Fsp3) is 0.514. The van der Waals surface area contributed by atoms with Gasteiger partial charge in [-0.05, 0) is 30.7 Å². The number of rotatable bonds is 2. The zero-order valence-corrected chi connectivity index (χ0v) is 25.9. The quantitative estimate of drug-likeness (QED) is 0.320. The third-order valence-corrected chi connectivity index (χ3v) is 9.57. The van der Waals surface area contributed by atoms with Crippen LogP contribution >= 0.6 is 0 Å². The van der Waals surface area contributed by atoms with E-state index >= 15 is 0 Å². The number of fused-ring (bicyclic) bond motifs is 3. The molecule has 5 aliphatic carbocycles. The number of allylic oxidation sites excluding steroid dienone is 4. The van der Waals surface area contributed by atoms with Gasteiger partial charge in [0.2, 0.25) is 0 Å². The second-order valence-corrected chi connectivity index (χ2v) is 12.5. The summed E-state index contributed by atoms with van der Waals surface area (Å²) in [6, 6.07) is 15.9. The molecule has 3 heteroatoms. The van der Waals surface area contributed by atoms with Gasteiger partial charge in [-0.3, -0.25) is 6.08 Å². The van der Waals surface area contributed by atoms with E-state index in [1.165, 1.54) is 112 Å². The minimum Gasteiger partial charge on any atom is -0.179 e. The van der Waals surface area contributed by atoms with E-state index in [0.717, 1.165) is 24.7 Å². The number of hydrogen-bond acceptors (Lipinski definition) is 0. The molecule has 0 amide bonds. The van der Waals surface area contributed by atoms with E-state index in [4.69, 9.17) is 0 Å². The van der Waals surface area contributed by atoms with Crippen LogP contribution in [0.25, 0.3) is 11.1 Å². The standard InChI is InChI=1S/C25H29.C5H8.C5H5.2ClH.Ti/c1-3-7-18(8-4-1)20-11-13-22-15-23-14-12-21(17-25(23)24(22)16-20)19-9-5-2-6-10-19;2*1-2-4-5-3-1;;;/h11-13,16-19H,1-10,15H2;1-4H2;1-3H,4H2;2*1H;/q-1;;-1;;;+2/p-2. The van der Waals surface area contributed by atoms with Crippen molar-refractivity contribution in [2.75, 3.05) is 0 Å². The first-order valence-corrected chi connectivity index (χ1v) is 15.5. The van der Waals surface area contributed by atoms with Crippen molar-refractivity contribution in [1.29, 1.82) is 0 Å². The fourth-order valence-electron chi connectivity index (χ4n) is 6.62. The Labute approximate surface area is 255 Å². The maximum Gasteiger partial charge on any atom is -0.0162 e. The molecule has 0 aliphatic heterocycles. The molecule has 3 fully saturated rings. The molecular formula is C35H42Cl2Ti-2. The third kappa shape index (κ3) is 8.54. The van der Waals surface area contributed by atoms with Gasteiger partial charge in [0, 0.05) is 0 Å². The molecule has 2 aromatic rings. The van der Waals surface area contributed by atoms with E-state index in [9.17, 15) is 0 Å². The summed E-state index contributed by atoms with van der Waals surface area (Å²) in [4.78, 5) is 0. The topological polar surface area (TPSA) is 0 Å². The van der Waals surface area contributed by atoms with Crippen molar-refractivity contribution < 1.29 is 44.8 Å². The molecule has 0 spiro atoms. The van der Waals surface area contributed by atoms with Gasteiger partial charge in [0.25, 0.3) is 0 Å². The van der Waals surface area contributed by atoms with Crippen molar-refractivity contribution in [1.82, 2.24) is 0 Å². The zero-order valence-electron chi connectivity index (χ0n) is 22.8. The van der Waals surface area contributed by atoms with Crippen molar-refractivity contribution in [3.63, 3.8) is 0 Å². The summed E-state index contributed by atoms with van der Waals surface area (Å²) in [5.74, 6) is 1.58. The van der Waals surface area contributed by atoms with Crippen molar-refractivity contribution in [3.05, 3.63) is 83.0 Å². The minimum absolute atomic E-state index is 0. The molecule has 5 aliphatic rings. The maximum absolute atomic E-state index is 3.66. The van der Waals surface area contributed by atoms with Gasteiger partial charge < -0.3 is 24.8 Å². The Balaban J connectivity index is 0.000000257. The van der Waals surface area contributed by atoms with Gasteiger partial charge in [0.15, 0.2) is 0 Å². The fourth-order valence-corrected chi connectivity index (χ4v) is 7.18. The van der Waals surface area contributed by atoms with Crippen molar-refractivity contribution in [3.8, 4) is 11.1 Å². The van der Waals surface area contributed by atoms with Gasteiger partial charge in [0.1, 0.15) is 0 Å². The number of hydrogen-bond donors (Lipinski definition) is 0. The average Bonchev–Trinajstić information content (AvgIpc) is 3.73. The first kappa shape index (κ1) is 31.6. The van der Waals surface area contributed by atoms with Gasteiger partial charge in [0.05, 0.1) is 0 Å². The predicted molar refractivity (Wildman–Crippen MR) is 150 cm³/mol. The van der Waals surface area contributed by atoms with Crippen LogP contribution in [0.1, 0.15) is 130 Å². The summed E-state index contributed by atoms with van der Waals surface area (Å²) >= 11 is 2.26. The molecule has 3 saturated carbocycles. The second-order valence-electron chi connectivity index (χ2n) is 11.4. The predicted octanol–water partition coefficient (Wildman–Crippen LogP) is 3.75. The van der Waals surface area contributed by atoms with Gasteiger partial charge in [-0.25, -0.2) is 12.2 Å². The van der Waals surface area contributed by atoms with Crippen LogP contribution in [0.4, 0.5) is 0 Å². The molecule has 0 atom stereocenters. The van der Waals surface area contributed by atoms with Crippen LogP contribution in [-0.2, 0) is 26.4 Å². The van der Waals surface area contributed by atoms with E-state index < -0.39 is 0 Å². The van der Waals surface area contributed by atoms with Crippen molar-refractivity contribution in [2.45, 2.75) is 115 Å². The van der Waals surface area contributed by atoms with Crippen LogP contribution in [0.3, 0.4) is 0 Å². The van der Waals surface area contributed by atoms with Crippen LogP contribution < -0.4 is 24.8 Å². The Morgan fingerprint density at radius 3 is 1.87 bits per heavy atom. The Morgan fingerprint density at radius 2 is 1.34 bits per heavy atom. The molecule has 2 aromatic carbocycles. The first-order chi connectivity index (χ1) is 17.8. The molecule has 0 nitrogen and oxygen atoms in total. The number of benzene rings is 2. The summed E-state index contributed by atoms with van der Waals surface area (Å²) in [6.45, 7) is 0. The SMILES string of the molecule is [C-]1=CC=CC1.[Cl-].[Cl-].[Ti+2]=[C]1CCCC1.[c-]1cc(C2CCCCC2)cc2c1Cc1ccc(C3CCCCC3)cc1-2. The van der Waals surface area contributed by atoms with E-state index in [1.54, 1.807) is 14.9 Å². The summed E-state index contributed by atoms with van der Waals surface area (Å²) in [5, 5.41) is 0. The van der Waals surface area contributed by atoms with E-state index in [0.29, 0.717) is 0 Å². The molecule has 7 rings (SSSR count). The minimum atomic E-state index is 0. The molecule has 0 radical (unpaired) electrons. The molecule has 0 aromatic heterocycles. The maximum atomic E-state index is 3.66. The summed E-state index contributed by atoms with van der Waals surface area (Å²) in [6.07, 6.45) is 30.8. The van der Waals surface area contributed by atoms with Crippen LogP contribution in [0.2, 0.25) is 0 Å². The molecule has 0 saturated heterocycles. The van der Waals surface area contributed by atoms with Crippen molar-refractivity contribution >= 4 is 3.81 Å². The monoisotopic (exact) mass is 580 g/mol. The summed E-state index contributed by atoms with van der Waals surface area (Å²) < 4.78 is 1.70. The van der Waals surface area contributed by atoms with Crippen LogP contribution in [-0.4, -0.2) is 3.81 Å². The first-order valence-electron chi connectivity index (χ1n) is 14.7. The van der Waals surface area contributed by atoms with Crippen LogP contribution in [0, 0.1) is 12.1 Å². The second kappa shape index (κ2) is 16.4. The molecular weight excluding hydrogens is 539 g/mol. The molecule has 0 N–H and O–H groups in total. The van der Waals surface area contributed by atoms with Gasteiger partial charge in [-0.1, -0.05) is 86.6 Å². The Kier molecular flexibility index (Phi) is 13.6. The zero-order chi connectivity index (χ0) is 24.6. The molecule has 0 unspecified atom stereocenters. The third-order valence-electron chi connectivity index (χ3n) is 8.79. The van der Waals surface area contributed by atoms with Gasteiger partial charge in [-0.2, -0.15) is 35.4 Å². The largest absolute Gasteiger partial charge is 0.179 e. The Hall–Kier alpha value is -0.916. The molecule has 0 bridgehead atoms. The number of halogens is 2. The summed E-state index contributed by atoms with van der Waals surface area (Å²) in [7, 11) is 0. The van der Waals surface area contributed by atoms with Gasteiger partial charge in [-0.15, -0.1) is 12.0 Å². The molecule has 0 heterocycles. The van der Waals surface area contributed by atoms with Crippen LogP contribution in [0.15, 0.2) is 48.6 Å². The van der Waals surface area contributed by atoms with Gasteiger partial charge >= 0.3 is 49.5 Å². The van der Waals surface area contributed by atoms with E-state index in [1.807, 2.05) is 12.2 Å². The average molecular weight is 581 g/mol. The molecule has 38 heavy (non-hydrogen) atoms. The Bertz CT molecular complexity index is 1000. The summed E-state index contributed by atoms with van der Waals surface area (Å²) in [5.41, 5.74) is 9.11. The van der Waals surface area contributed by atoms with E-state index in [2.05, 4.69) is 68.5 Å². The van der Waals surface area contributed by atoms with E-state index in [-0.39, 0.29) is 24.8 Å².